The molecule has 0 unspecified atom stereocenters. The molecule has 1 aliphatic rings. The van der Waals surface area contributed by atoms with Crippen molar-refractivity contribution in [3.63, 3.8) is 0 Å². The molecule has 0 spiro atoms. The molecule has 2 heterocycles. The van der Waals surface area contributed by atoms with E-state index < -0.39 is 0 Å². The molecule has 2 aromatic rings. The van der Waals surface area contributed by atoms with Gasteiger partial charge < -0.3 is 20.1 Å². The van der Waals surface area contributed by atoms with E-state index in [0.717, 1.165) is 37.4 Å². The highest BCUT2D eigenvalue weighted by molar-refractivity contribution is 5.61. The number of nitrogens with zero attached hydrogens (tertiary/aromatic N) is 2. The molecular weight excluding hydrogens is 302 g/mol. The van der Waals surface area contributed by atoms with Crippen LogP contribution in [-0.4, -0.2) is 30.3 Å². The van der Waals surface area contributed by atoms with Gasteiger partial charge in [-0.2, -0.15) is 0 Å². The summed E-state index contributed by atoms with van der Waals surface area (Å²) in [6.45, 7) is 2.41. The van der Waals surface area contributed by atoms with Crippen LogP contribution < -0.4 is 15.0 Å². The highest BCUT2D eigenvalue weighted by atomic mass is 16.5. The molecule has 1 aromatic heterocycles. The largest absolute Gasteiger partial charge is 0.495 e. The fourth-order valence-electron chi connectivity index (χ4n) is 2.73. The van der Waals surface area contributed by atoms with Crippen molar-refractivity contribution in [3.05, 3.63) is 65.8 Å². The molecule has 0 saturated heterocycles. The number of anilines is 1. The SMILES string of the molecule is CN1C(O)=CCc2cc(OCCCNCc3cccnc3)ccc21. The topological polar surface area (TPSA) is 57.6 Å². The number of aromatic nitrogens is 1. The van der Waals surface area contributed by atoms with Gasteiger partial charge in [0.05, 0.1) is 6.61 Å². The van der Waals surface area contributed by atoms with Gasteiger partial charge in [-0.15, -0.1) is 0 Å². The van der Waals surface area contributed by atoms with Crippen LogP contribution in [0, 0.1) is 0 Å². The first-order valence-electron chi connectivity index (χ1n) is 8.22. The number of benzene rings is 1. The first-order chi connectivity index (χ1) is 11.7. The van der Waals surface area contributed by atoms with Gasteiger partial charge in [0.15, 0.2) is 5.88 Å². The molecule has 0 radical (unpaired) electrons. The van der Waals surface area contributed by atoms with Crippen LogP contribution in [0.4, 0.5) is 5.69 Å². The lowest BCUT2D eigenvalue weighted by molar-refractivity contribution is 0.307. The zero-order valence-corrected chi connectivity index (χ0v) is 13.9. The average molecular weight is 325 g/mol. The number of allylic oxidation sites excluding steroid dienone is 1. The Hall–Kier alpha value is -2.53. The fraction of sp³-hybridized carbons (Fsp3) is 0.316. The molecule has 0 fully saturated rings. The maximum Gasteiger partial charge on any atom is 0.187 e. The number of aliphatic hydroxyl groups is 1. The first kappa shape index (κ1) is 16.3. The maximum atomic E-state index is 9.74. The van der Waals surface area contributed by atoms with Crippen LogP contribution in [0.1, 0.15) is 17.5 Å². The molecule has 1 aromatic carbocycles. The van der Waals surface area contributed by atoms with Crippen molar-refractivity contribution in [2.24, 2.45) is 0 Å². The first-order valence-corrected chi connectivity index (χ1v) is 8.22. The summed E-state index contributed by atoms with van der Waals surface area (Å²) in [6.07, 6.45) is 7.15. The maximum absolute atomic E-state index is 9.74. The van der Waals surface area contributed by atoms with Crippen molar-refractivity contribution in [1.82, 2.24) is 10.3 Å². The third-order valence-electron chi connectivity index (χ3n) is 4.08. The predicted octanol–water partition coefficient (Wildman–Crippen LogP) is 3.03. The molecule has 0 atom stereocenters. The Balaban J connectivity index is 1.40. The summed E-state index contributed by atoms with van der Waals surface area (Å²) < 4.78 is 5.83. The van der Waals surface area contributed by atoms with Gasteiger partial charge in [-0.25, -0.2) is 0 Å². The van der Waals surface area contributed by atoms with Crippen molar-refractivity contribution in [2.75, 3.05) is 25.1 Å². The Morgan fingerprint density at radius 1 is 1.33 bits per heavy atom. The summed E-state index contributed by atoms with van der Waals surface area (Å²) in [7, 11) is 1.86. The third-order valence-corrected chi connectivity index (χ3v) is 4.08. The molecule has 24 heavy (non-hydrogen) atoms. The van der Waals surface area contributed by atoms with E-state index in [0.29, 0.717) is 12.5 Å². The number of aliphatic hydroxyl groups excluding tert-OH is 1. The average Bonchev–Trinajstić information content (AvgIpc) is 2.62. The van der Waals surface area contributed by atoms with Gasteiger partial charge in [0.1, 0.15) is 5.75 Å². The quantitative estimate of drug-likeness (QED) is 0.766. The monoisotopic (exact) mass is 325 g/mol. The van der Waals surface area contributed by atoms with Crippen LogP contribution in [0.25, 0.3) is 0 Å². The molecule has 0 amide bonds. The summed E-state index contributed by atoms with van der Waals surface area (Å²) in [5, 5.41) is 13.1. The minimum atomic E-state index is 0.302. The normalized spacial score (nSPS) is 13.4. The number of hydrogen-bond acceptors (Lipinski definition) is 5. The van der Waals surface area contributed by atoms with Gasteiger partial charge in [0.25, 0.3) is 0 Å². The van der Waals surface area contributed by atoms with Crippen LogP contribution in [0.3, 0.4) is 0 Å². The third kappa shape index (κ3) is 4.06. The lowest BCUT2D eigenvalue weighted by atomic mass is 10.1. The van der Waals surface area contributed by atoms with E-state index >= 15 is 0 Å². The van der Waals surface area contributed by atoms with E-state index in [1.54, 1.807) is 11.1 Å². The molecule has 5 heteroatoms. The second-order valence-electron chi connectivity index (χ2n) is 5.86. The van der Waals surface area contributed by atoms with Gasteiger partial charge in [-0.3, -0.25) is 4.98 Å². The molecule has 126 valence electrons. The van der Waals surface area contributed by atoms with E-state index in [4.69, 9.17) is 4.74 Å². The zero-order chi connectivity index (χ0) is 16.8. The molecule has 1 aliphatic heterocycles. The summed E-state index contributed by atoms with van der Waals surface area (Å²) in [4.78, 5) is 5.88. The summed E-state index contributed by atoms with van der Waals surface area (Å²) in [5.41, 5.74) is 3.39. The van der Waals surface area contributed by atoms with Crippen molar-refractivity contribution in [2.45, 2.75) is 19.4 Å². The summed E-state index contributed by atoms with van der Waals surface area (Å²) in [5.74, 6) is 1.18. The number of hydrogen-bond donors (Lipinski definition) is 2. The van der Waals surface area contributed by atoms with E-state index in [9.17, 15) is 5.11 Å². The lowest BCUT2D eigenvalue weighted by Gasteiger charge is -2.25. The Morgan fingerprint density at radius 3 is 3.08 bits per heavy atom. The van der Waals surface area contributed by atoms with E-state index in [2.05, 4.69) is 22.4 Å². The van der Waals surface area contributed by atoms with E-state index in [1.165, 1.54) is 11.1 Å². The van der Waals surface area contributed by atoms with E-state index in [-0.39, 0.29) is 0 Å². The van der Waals surface area contributed by atoms with Crippen molar-refractivity contribution in [1.29, 1.82) is 0 Å². The highest BCUT2D eigenvalue weighted by Gasteiger charge is 2.15. The smallest absolute Gasteiger partial charge is 0.187 e. The Labute approximate surface area is 142 Å². The van der Waals surface area contributed by atoms with Crippen LogP contribution in [0.5, 0.6) is 5.75 Å². The highest BCUT2D eigenvalue weighted by Crippen LogP contribution is 2.30. The molecule has 5 nitrogen and oxygen atoms in total. The summed E-state index contributed by atoms with van der Waals surface area (Å²) >= 11 is 0. The minimum Gasteiger partial charge on any atom is -0.495 e. The molecule has 0 aliphatic carbocycles. The van der Waals surface area contributed by atoms with Gasteiger partial charge in [0, 0.05) is 31.7 Å². The van der Waals surface area contributed by atoms with Gasteiger partial charge >= 0.3 is 0 Å². The summed E-state index contributed by atoms with van der Waals surface area (Å²) in [6, 6.07) is 10.0. The number of pyridine rings is 1. The van der Waals surface area contributed by atoms with E-state index in [1.807, 2.05) is 37.5 Å². The van der Waals surface area contributed by atoms with Crippen LogP contribution >= 0.6 is 0 Å². The minimum absolute atomic E-state index is 0.302. The fourth-order valence-corrected chi connectivity index (χ4v) is 2.73. The van der Waals surface area contributed by atoms with Crippen LogP contribution in [0.2, 0.25) is 0 Å². The number of nitrogens with one attached hydrogen (secondary N) is 1. The van der Waals surface area contributed by atoms with Gasteiger partial charge in [-0.1, -0.05) is 6.07 Å². The van der Waals surface area contributed by atoms with Crippen LogP contribution in [0.15, 0.2) is 54.7 Å². The zero-order valence-electron chi connectivity index (χ0n) is 13.9. The molecule has 0 bridgehead atoms. The lowest BCUT2D eigenvalue weighted by Crippen LogP contribution is -2.21. The molecule has 2 N–H and O–H groups in total. The number of rotatable bonds is 7. The molecular formula is C19H23N3O2. The standard InChI is InChI=1S/C19H23N3O2/c1-22-18-7-6-17(12-16(18)5-8-19(22)23)24-11-3-10-21-14-15-4-2-9-20-13-15/h2,4,6-9,12-13,21,23H,3,5,10-11,14H2,1H3. The second-order valence-corrected chi connectivity index (χ2v) is 5.86. The van der Waals surface area contributed by atoms with Crippen molar-refractivity contribution < 1.29 is 9.84 Å². The van der Waals surface area contributed by atoms with Crippen molar-refractivity contribution in [3.8, 4) is 5.75 Å². The van der Waals surface area contributed by atoms with Gasteiger partial charge in [0.2, 0.25) is 0 Å². The molecule has 0 saturated carbocycles. The van der Waals surface area contributed by atoms with Gasteiger partial charge in [-0.05, 0) is 60.9 Å². The Kier molecular flexibility index (Phi) is 5.33. The Bertz CT molecular complexity index is 701. The van der Waals surface area contributed by atoms with Crippen LogP contribution in [-0.2, 0) is 13.0 Å². The molecule has 3 rings (SSSR count). The van der Waals surface area contributed by atoms with Crippen molar-refractivity contribution >= 4 is 5.69 Å². The predicted molar refractivity (Wildman–Crippen MR) is 95.3 cm³/mol. The second kappa shape index (κ2) is 7.84. The number of ether oxygens (including phenoxy) is 1. The number of fused-ring (bicyclic) bond motifs is 1. The Morgan fingerprint density at radius 2 is 2.25 bits per heavy atom.